The molecule has 2 nitrogen and oxygen atoms in total. The molecule has 100 valence electrons. The van der Waals surface area contributed by atoms with Gasteiger partial charge in [-0.05, 0) is 31.9 Å². The highest BCUT2D eigenvalue weighted by molar-refractivity contribution is 8.00. The SMILES string of the molecule is CC(O)C(C)Sc1cccc(F)c1CNC1CC1. The molecule has 1 aliphatic carbocycles. The van der Waals surface area contributed by atoms with Crippen molar-refractivity contribution in [2.75, 3.05) is 0 Å². The van der Waals surface area contributed by atoms with Gasteiger partial charge in [0, 0.05) is 28.3 Å². The van der Waals surface area contributed by atoms with E-state index in [0.29, 0.717) is 12.6 Å². The Hall–Kier alpha value is -0.580. The lowest BCUT2D eigenvalue weighted by molar-refractivity contribution is 0.196. The fourth-order valence-corrected chi connectivity index (χ4v) is 2.72. The molecule has 4 heteroatoms. The number of hydrogen-bond acceptors (Lipinski definition) is 3. The summed E-state index contributed by atoms with van der Waals surface area (Å²) in [5, 5.41) is 12.9. The van der Waals surface area contributed by atoms with E-state index in [4.69, 9.17) is 0 Å². The first-order chi connectivity index (χ1) is 8.58. The summed E-state index contributed by atoms with van der Waals surface area (Å²) in [7, 11) is 0. The van der Waals surface area contributed by atoms with Crippen LogP contribution in [0.4, 0.5) is 4.39 Å². The van der Waals surface area contributed by atoms with Gasteiger partial charge in [-0.1, -0.05) is 13.0 Å². The molecule has 0 spiro atoms. The molecule has 0 aliphatic heterocycles. The van der Waals surface area contributed by atoms with Crippen LogP contribution in [-0.4, -0.2) is 22.5 Å². The summed E-state index contributed by atoms with van der Waals surface area (Å²) in [6.45, 7) is 4.30. The molecule has 0 radical (unpaired) electrons. The Morgan fingerprint density at radius 3 is 2.78 bits per heavy atom. The van der Waals surface area contributed by atoms with Crippen molar-refractivity contribution in [3.8, 4) is 0 Å². The van der Waals surface area contributed by atoms with Crippen LogP contribution < -0.4 is 5.32 Å². The number of halogens is 1. The smallest absolute Gasteiger partial charge is 0.128 e. The Balaban J connectivity index is 2.08. The zero-order valence-corrected chi connectivity index (χ0v) is 11.6. The molecule has 2 N–H and O–H groups in total. The minimum Gasteiger partial charge on any atom is -0.392 e. The van der Waals surface area contributed by atoms with Gasteiger partial charge in [0.2, 0.25) is 0 Å². The van der Waals surface area contributed by atoms with Crippen molar-refractivity contribution < 1.29 is 9.50 Å². The number of nitrogens with one attached hydrogen (secondary N) is 1. The molecule has 2 rings (SSSR count). The number of aliphatic hydroxyl groups is 1. The lowest BCUT2D eigenvalue weighted by Gasteiger charge is -2.17. The number of rotatable bonds is 6. The van der Waals surface area contributed by atoms with E-state index in [1.54, 1.807) is 13.0 Å². The van der Waals surface area contributed by atoms with E-state index in [2.05, 4.69) is 5.32 Å². The standard InChI is InChI=1S/C14H20FNOS/c1-9(17)10(2)18-14-5-3-4-13(15)12(14)8-16-11-6-7-11/h3-5,9-11,16-17H,6-8H2,1-2H3. The molecule has 0 bridgehead atoms. The van der Waals surface area contributed by atoms with E-state index in [9.17, 15) is 9.50 Å². The van der Waals surface area contributed by atoms with E-state index < -0.39 is 6.10 Å². The zero-order chi connectivity index (χ0) is 13.1. The predicted molar refractivity (Wildman–Crippen MR) is 73.3 cm³/mol. The third kappa shape index (κ3) is 3.70. The highest BCUT2D eigenvalue weighted by atomic mass is 32.2. The van der Waals surface area contributed by atoms with Crippen molar-refractivity contribution in [3.63, 3.8) is 0 Å². The Morgan fingerprint density at radius 1 is 1.44 bits per heavy atom. The molecule has 0 heterocycles. The summed E-state index contributed by atoms with van der Waals surface area (Å²) in [5.41, 5.74) is 0.724. The number of thioether (sulfide) groups is 1. The summed E-state index contributed by atoms with van der Waals surface area (Å²) in [4.78, 5) is 0.927. The van der Waals surface area contributed by atoms with E-state index >= 15 is 0 Å². The molecule has 1 aromatic rings. The van der Waals surface area contributed by atoms with Crippen molar-refractivity contribution >= 4 is 11.8 Å². The molecule has 1 saturated carbocycles. The van der Waals surface area contributed by atoms with Gasteiger partial charge in [-0.3, -0.25) is 0 Å². The van der Waals surface area contributed by atoms with Crippen LogP contribution >= 0.6 is 11.8 Å². The minimum atomic E-state index is -0.400. The average Bonchev–Trinajstić information content (AvgIpc) is 3.12. The summed E-state index contributed by atoms with van der Waals surface area (Å²) in [6, 6.07) is 5.72. The van der Waals surface area contributed by atoms with E-state index in [-0.39, 0.29) is 11.1 Å². The molecular weight excluding hydrogens is 249 g/mol. The quantitative estimate of drug-likeness (QED) is 0.779. The number of hydrogen-bond donors (Lipinski definition) is 2. The first kappa shape index (κ1) is 13.8. The first-order valence-corrected chi connectivity index (χ1v) is 7.31. The highest BCUT2D eigenvalue weighted by Crippen LogP contribution is 2.30. The van der Waals surface area contributed by atoms with Crippen molar-refractivity contribution in [1.29, 1.82) is 0 Å². The molecule has 1 fully saturated rings. The van der Waals surface area contributed by atoms with E-state index in [0.717, 1.165) is 10.5 Å². The van der Waals surface area contributed by atoms with Crippen molar-refractivity contribution in [2.45, 2.75) is 55.5 Å². The molecule has 0 saturated heterocycles. The Morgan fingerprint density at radius 2 is 2.17 bits per heavy atom. The fraction of sp³-hybridized carbons (Fsp3) is 0.571. The van der Waals surface area contributed by atoms with Crippen LogP contribution in [0, 0.1) is 5.82 Å². The maximum absolute atomic E-state index is 13.9. The third-order valence-electron chi connectivity index (χ3n) is 3.21. The second-order valence-electron chi connectivity index (χ2n) is 4.94. The van der Waals surface area contributed by atoms with Crippen LogP contribution in [-0.2, 0) is 6.54 Å². The van der Waals surface area contributed by atoms with Crippen LogP contribution in [0.25, 0.3) is 0 Å². The van der Waals surface area contributed by atoms with Gasteiger partial charge in [0.25, 0.3) is 0 Å². The molecule has 2 unspecified atom stereocenters. The monoisotopic (exact) mass is 269 g/mol. The molecule has 1 aliphatic rings. The summed E-state index contributed by atoms with van der Waals surface area (Å²) in [5.74, 6) is -0.161. The van der Waals surface area contributed by atoms with Crippen LogP contribution in [0.1, 0.15) is 32.3 Å². The van der Waals surface area contributed by atoms with Gasteiger partial charge in [-0.15, -0.1) is 11.8 Å². The van der Waals surface area contributed by atoms with Crippen LogP contribution in [0.5, 0.6) is 0 Å². The van der Waals surface area contributed by atoms with Gasteiger partial charge in [-0.25, -0.2) is 4.39 Å². The summed E-state index contributed by atoms with van der Waals surface area (Å²) < 4.78 is 13.9. The topological polar surface area (TPSA) is 32.3 Å². The summed E-state index contributed by atoms with van der Waals surface area (Å²) >= 11 is 1.53. The maximum Gasteiger partial charge on any atom is 0.128 e. The van der Waals surface area contributed by atoms with Crippen molar-refractivity contribution in [2.24, 2.45) is 0 Å². The van der Waals surface area contributed by atoms with Gasteiger partial charge >= 0.3 is 0 Å². The van der Waals surface area contributed by atoms with E-state index in [1.165, 1.54) is 30.7 Å². The second-order valence-corrected chi connectivity index (χ2v) is 6.35. The largest absolute Gasteiger partial charge is 0.392 e. The third-order valence-corrected chi connectivity index (χ3v) is 4.62. The first-order valence-electron chi connectivity index (χ1n) is 6.43. The lowest BCUT2D eigenvalue weighted by atomic mass is 10.2. The van der Waals surface area contributed by atoms with Crippen LogP contribution in [0.15, 0.2) is 23.1 Å². The van der Waals surface area contributed by atoms with E-state index in [1.807, 2.05) is 13.0 Å². The van der Waals surface area contributed by atoms with Gasteiger partial charge in [-0.2, -0.15) is 0 Å². The molecule has 18 heavy (non-hydrogen) atoms. The Kier molecular flexibility index (Phi) is 4.65. The molecule has 0 amide bonds. The van der Waals surface area contributed by atoms with Gasteiger partial charge < -0.3 is 10.4 Å². The van der Waals surface area contributed by atoms with Crippen molar-refractivity contribution in [3.05, 3.63) is 29.6 Å². The molecule has 1 aromatic carbocycles. The van der Waals surface area contributed by atoms with Crippen molar-refractivity contribution in [1.82, 2.24) is 5.32 Å². The number of aliphatic hydroxyl groups excluding tert-OH is 1. The predicted octanol–water partition coefficient (Wildman–Crippen LogP) is 2.94. The lowest BCUT2D eigenvalue weighted by Crippen LogP contribution is -2.18. The fourth-order valence-electron chi connectivity index (χ4n) is 1.65. The molecular formula is C14H20FNOS. The number of benzene rings is 1. The maximum atomic E-state index is 13.9. The minimum absolute atomic E-state index is 0.0616. The zero-order valence-electron chi connectivity index (χ0n) is 10.8. The Labute approximate surface area is 112 Å². The van der Waals surface area contributed by atoms with Gasteiger partial charge in [0.15, 0.2) is 0 Å². The molecule has 0 aromatic heterocycles. The average molecular weight is 269 g/mol. The van der Waals surface area contributed by atoms with Crippen LogP contribution in [0.2, 0.25) is 0 Å². The second kappa shape index (κ2) is 6.04. The van der Waals surface area contributed by atoms with Gasteiger partial charge in [0.05, 0.1) is 6.10 Å². The molecule has 2 atom stereocenters. The summed E-state index contributed by atoms with van der Waals surface area (Å²) in [6.07, 6.45) is 1.99. The normalized spacial score (nSPS) is 18.7. The van der Waals surface area contributed by atoms with Gasteiger partial charge in [0.1, 0.15) is 5.82 Å². The highest BCUT2D eigenvalue weighted by Gasteiger charge is 2.22. The Bertz CT molecular complexity index is 407. The van der Waals surface area contributed by atoms with Crippen LogP contribution in [0.3, 0.4) is 0 Å².